The van der Waals surface area contributed by atoms with Crippen molar-refractivity contribution in [3.63, 3.8) is 0 Å². The first kappa shape index (κ1) is 15.9. The molecule has 0 saturated heterocycles. The monoisotopic (exact) mass is 359 g/mol. The van der Waals surface area contributed by atoms with E-state index in [4.69, 9.17) is 15.2 Å². The molecule has 0 aliphatic carbocycles. The predicted octanol–water partition coefficient (Wildman–Crippen LogP) is 1.82. The maximum atomic E-state index is 12.6. The lowest BCUT2D eigenvalue weighted by atomic mass is 10.0. The van der Waals surface area contributed by atoms with Gasteiger partial charge in [0.25, 0.3) is 11.8 Å². The van der Waals surface area contributed by atoms with E-state index in [9.17, 15) is 9.59 Å². The van der Waals surface area contributed by atoms with Gasteiger partial charge in [-0.1, -0.05) is 0 Å². The Bertz CT molecular complexity index is 877. The summed E-state index contributed by atoms with van der Waals surface area (Å²) in [6, 6.07) is 4.98. The van der Waals surface area contributed by atoms with E-state index in [1.54, 1.807) is 18.2 Å². The second-order valence-corrected chi connectivity index (χ2v) is 7.19. The zero-order valence-electron chi connectivity index (χ0n) is 13.6. The van der Waals surface area contributed by atoms with E-state index >= 15 is 0 Å². The highest BCUT2D eigenvalue weighted by Gasteiger charge is 2.27. The molecular weight excluding hydrogens is 342 g/mol. The van der Waals surface area contributed by atoms with Gasteiger partial charge in [-0.05, 0) is 37.2 Å². The van der Waals surface area contributed by atoms with Crippen molar-refractivity contribution >= 4 is 28.2 Å². The van der Waals surface area contributed by atoms with Crippen LogP contribution in [0.1, 0.15) is 31.2 Å². The minimum absolute atomic E-state index is 0.150. The van der Waals surface area contributed by atoms with Crippen LogP contribution in [0, 0.1) is 0 Å². The van der Waals surface area contributed by atoms with Crippen LogP contribution in [0.4, 0.5) is 5.00 Å². The molecule has 2 amide bonds. The van der Waals surface area contributed by atoms with E-state index in [1.165, 1.54) is 11.3 Å². The Morgan fingerprint density at radius 1 is 1.28 bits per heavy atom. The van der Waals surface area contributed by atoms with Gasteiger partial charge in [0.15, 0.2) is 11.5 Å². The molecule has 2 aromatic rings. The Morgan fingerprint density at radius 2 is 2.08 bits per heavy atom. The molecule has 1 aromatic heterocycles. The third-order valence-electron chi connectivity index (χ3n) is 4.36. The molecule has 130 valence electrons. The van der Waals surface area contributed by atoms with Gasteiger partial charge in [0, 0.05) is 23.5 Å². The van der Waals surface area contributed by atoms with Crippen LogP contribution >= 0.6 is 11.3 Å². The summed E-state index contributed by atoms with van der Waals surface area (Å²) >= 11 is 1.41. The van der Waals surface area contributed by atoms with Crippen molar-refractivity contribution in [2.45, 2.75) is 13.0 Å². The smallest absolute Gasteiger partial charge is 0.256 e. The third kappa shape index (κ3) is 2.83. The number of carbonyl (C=O) groups is 2. The number of anilines is 1. The molecule has 7 nitrogen and oxygen atoms in total. The van der Waals surface area contributed by atoms with Crippen LogP contribution < -0.4 is 20.5 Å². The Hall–Kier alpha value is -2.58. The van der Waals surface area contributed by atoms with Crippen molar-refractivity contribution in [1.29, 1.82) is 0 Å². The number of hydrogen-bond acceptors (Lipinski definition) is 6. The standard InChI is InChI=1S/C17H17N3O4S/c1-20-5-4-10-13(7-20)25-17(14(10)15(18)21)19-16(22)9-2-3-11-12(6-9)24-8-23-11/h2-3,6H,4-5,7-8H2,1H3,(H2,18,21)(H,19,22). The zero-order valence-corrected chi connectivity index (χ0v) is 14.4. The van der Waals surface area contributed by atoms with Gasteiger partial charge in [-0.25, -0.2) is 0 Å². The first-order chi connectivity index (χ1) is 12.0. The van der Waals surface area contributed by atoms with Crippen molar-refractivity contribution in [1.82, 2.24) is 4.90 Å². The van der Waals surface area contributed by atoms with E-state index in [0.717, 1.165) is 30.0 Å². The Morgan fingerprint density at radius 3 is 2.88 bits per heavy atom. The Labute approximate surface area is 148 Å². The van der Waals surface area contributed by atoms with Crippen molar-refractivity contribution < 1.29 is 19.1 Å². The van der Waals surface area contributed by atoms with Gasteiger partial charge in [0.1, 0.15) is 5.00 Å². The first-order valence-corrected chi connectivity index (χ1v) is 8.68. The van der Waals surface area contributed by atoms with Gasteiger partial charge >= 0.3 is 0 Å². The lowest BCUT2D eigenvalue weighted by Gasteiger charge is -2.22. The van der Waals surface area contributed by atoms with Gasteiger partial charge in [0.05, 0.1) is 5.56 Å². The van der Waals surface area contributed by atoms with Gasteiger partial charge in [-0.15, -0.1) is 11.3 Å². The maximum absolute atomic E-state index is 12.6. The number of nitrogens with two attached hydrogens (primary N) is 1. The largest absolute Gasteiger partial charge is 0.454 e. The number of benzene rings is 1. The molecular formula is C17H17N3O4S. The fourth-order valence-electron chi connectivity index (χ4n) is 3.09. The SMILES string of the molecule is CN1CCc2c(sc(NC(=O)c3ccc4c(c3)OCO4)c2C(N)=O)C1. The minimum atomic E-state index is -0.511. The van der Waals surface area contributed by atoms with E-state index in [0.29, 0.717) is 27.6 Å². The van der Waals surface area contributed by atoms with Gasteiger partial charge in [-0.2, -0.15) is 0 Å². The maximum Gasteiger partial charge on any atom is 0.256 e. The molecule has 3 N–H and O–H groups in total. The summed E-state index contributed by atoms with van der Waals surface area (Å²) in [6.45, 7) is 1.76. The minimum Gasteiger partial charge on any atom is -0.454 e. The quantitative estimate of drug-likeness (QED) is 0.872. The van der Waals surface area contributed by atoms with E-state index in [-0.39, 0.29) is 12.7 Å². The van der Waals surface area contributed by atoms with E-state index in [2.05, 4.69) is 10.2 Å². The number of ether oxygens (including phenoxy) is 2. The highest BCUT2D eigenvalue weighted by atomic mass is 32.1. The molecule has 0 unspecified atom stereocenters. The molecule has 25 heavy (non-hydrogen) atoms. The molecule has 8 heteroatoms. The van der Waals surface area contributed by atoms with Crippen molar-refractivity contribution in [2.24, 2.45) is 5.73 Å². The van der Waals surface area contributed by atoms with Crippen LogP contribution in [0.15, 0.2) is 18.2 Å². The molecule has 4 rings (SSSR count). The number of hydrogen-bond donors (Lipinski definition) is 2. The average Bonchev–Trinajstić information content (AvgIpc) is 3.17. The molecule has 3 heterocycles. The molecule has 0 atom stereocenters. The molecule has 0 bridgehead atoms. The van der Waals surface area contributed by atoms with Crippen LogP contribution in [0.5, 0.6) is 11.5 Å². The van der Waals surface area contributed by atoms with E-state index in [1.807, 2.05) is 7.05 Å². The van der Waals surface area contributed by atoms with E-state index < -0.39 is 5.91 Å². The number of amides is 2. The number of likely N-dealkylation sites (N-methyl/N-ethyl adjacent to an activating group) is 1. The van der Waals surface area contributed by atoms with Crippen molar-refractivity contribution in [2.75, 3.05) is 25.7 Å². The Balaban J connectivity index is 1.64. The zero-order chi connectivity index (χ0) is 17.6. The molecule has 1 aromatic carbocycles. The van der Waals surface area contributed by atoms with Crippen LogP contribution in [-0.4, -0.2) is 37.1 Å². The van der Waals surface area contributed by atoms with Crippen LogP contribution in [-0.2, 0) is 13.0 Å². The summed E-state index contributed by atoms with van der Waals surface area (Å²) in [5.41, 5.74) is 7.39. The number of primary amides is 1. The van der Waals surface area contributed by atoms with Gasteiger partial charge in [0.2, 0.25) is 6.79 Å². The lowest BCUT2D eigenvalue weighted by Crippen LogP contribution is -2.27. The molecule has 0 radical (unpaired) electrons. The number of nitrogens with zero attached hydrogens (tertiary/aromatic N) is 1. The second kappa shape index (κ2) is 6.05. The first-order valence-electron chi connectivity index (χ1n) is 7.87. The number of thiophene rings is 1. The number of rotatable bonds is 3. The summed E-state index contributed by atoms with van der Waals surface area (Å²) < 4.78 is 10.5. The van der Waals surface area contributed by atoms with Gasteiger partial charge in [-0.3, -0.25) is 9.59 Å². The predicted molar refractivity (Wildman–Crippen MR) is 93.4 cm³/mol. The summed E-state index contributed by atoms with van der Waals surface area (Å²) in [7, 11) is 2.03. The normalized spacial score (nSPS) is 15.7. The molecule has 0 fully saturated rings. The lowest BCUT2D eigenvalue weighted by molar-refractivity contribution is 0.1000. The summed E-state index contributed by atoms with van der Waals surface area (Å²) in [4.78, 5) is 27.8. The number of nitrogens with one attached hydrogen (secondary N) is 1. The highest BCUT2D eigenvalue weighted by Crippen LogP contribution is 2.37. The summed E-state index contributed by atoms with van der Waals surface area (Å²) in [5.74, 6) is 0.328. The third-order valence-corrected chi connectivity index (χ3v) is 5.49. The fourth-order valence-corrected chi connectivity index (χ4v) is 4.42. The molecule has 2 aliphatic heterocycles. The summed E-state index contributed by atoms with van der Waals surface area (Å²) in [6.07, 6.45) is 0.750. The number of carbonyl (C=O) groups excluding carboxylic acids is 2. The van der Waals surface area contributed by atoms with Crippen LogP contribution in [0.25, 0.3) is 0 Å². The number of fused-ring (bicyclic) bond motifs is 2. The molecule has 0 saturated carbocycles. The van der Waals surface area contributed by atoms with Crippen molar-refractivity contribution in [3.05, 3.63) is 39.8 Å². The molecule has 2 aliphatic rings. The summed E-state index contributed by atoms with van der Waals surface area (Å²) in [5, 5.41) is 3.34. The van der Waals surface area contributed by atoms with Crippen LogP contribution in [0.3, 0.4) is 0 Å². The topological polar surface area (TPSA) is 93.9 Å². The fraction of sp³-hybridized carbons (Fsp3) is 0.294. The van der Waals surface area contributed by atoms with Crippen LogP contribution in [0.2, 0.25) is 0 Å². The molecule has 0 spiro atoms. The second-order valence-electron chi connectivity index (χ2n) is 6.08. The highest BCUT2D eigenvalue weighted by molar-refractivity contribution is 7.17. The van der Waals surface area contributed by atoms with Gasteiger partial charge < -0.3 is 25.4 Å². The average molecular weight is 359 g/mol. The van der Waals surface area contributed by atoms with Crippen molar-refractivity contribution in [3.8, 4) is 11.5 Å². The Kier molecular flexibility index (Phi) is 3.85.